The predicted molar refractivity (Wildman–Crippen MR) is 78.2 cm³/mol. The third-order valence-corrected chi connectivity index (χ3v) is 4.64. The van der Waals surface area contributed by atoms with E-state index in [0.29, 0.717) is 17.6 Å². The summed E-state index contributed by atoms with van der Waals surface area (Å²) in [6.45, 7) is 0. The number of amides is 1. The molecule has 1 N–H and O–H groups in total. The van der Waals surface area contributed by atoms with Crippen LogP contribution in [0.15, 0.2) is 24.3 Å². The number of hydrogen-bond acceptors (Lipinski definition) is 4. The van der Waals surface area contributed by atoms with Gasteiger partial charge >= 0.3 is 0 Å². The second-order valence-electron chi connectivity index (χ2n) is 5.98. The van der Waals surface area contributed by atoms with Crippen molar-refractivity contribution in [2.24, 2.45) is 0 Å². The highest BCUT2D eigenvalue weighted by Crippen LogP contribution is 2.29. The molecule has 1 amide bonds. The number of nitro groups is 1. The van der Waals surface area contributed by atoms with E-state index in [9.17, 15) is 14.9 Å². The fourth-order valence-electron chi connectivity index (χ4n) is 3.44. The van der Waals surface area contributed by atoms with E-state index in [-0.39, 0.29) is 17.6 Å². The topological polar surface area (TPSA) is 75.5 Å². The number of piperidine rings is 1. The first-order valence-corrected chi connectivity index (χ1v) is 7.32. The maximum absolute atomic E-state index is 12.5. The van der Waals surface area contributed by atoms with Gasteiger partial charge in [0.2, 0.25) is 0 Å². The summed E-state index contributed by atoms with van der Waals surface area (Å²) >= 11 is 0. The number of hydrogen-bond donors (Lipinski definition) is 1. The minimum Gasteiger partial charge on any atom is -0.339 e. The smallest absolute Gasteiger partial charge is 0.269 e. The van der Waals surface area contributed by atoms with Gasteiger partial charge in [-0.3, -0.25) is 14.9 Å². The van der Waals surface area contributed by atoms with E-state index < -0.39 is 4.92 Å². The van der Waals surface area contributed by atoms with Crippen molar-refractivity contribution < 1.29 is 9.72 Å². The minimum atomic E-state index is -0.456. The van der Waals surface area contributed by atoms with Crippen LogP contribution in [0.3, 0.4) is 0 Å². The molecule has 6 nitrogen and oxygen atoms in total. The summed E-state index contributed by atoms with van der Waals surface area (Å²) in [7, 11) is 1.83. The molecule has 1 aromatic rings. The summed E-state index contributed by atoms with van der Waals surface area (Å²) < 4.78 is 0. The summed E-state index contributed by atoms with van der Waals surface area (Å²) in [4.78, 5) is 24.5. The van der Waals surface area contributed by atoms with Gasteiger partial charge in [-0.15, -0.1) is 0 Å². The molecule has 112 valence electrons. The Kier molecular flexibility index (Phi) is 3.63. The normalized spacial score (nSPS) is 27.4. The average molecular weight is 289 g/mol. The Bertz CT molecular complexity index is 546. The van der Waals surface area contributed by atoms with Crippen molar-refractivity contribution in [3.63, 3.8) is 0 Å². The monoisotopic (exact) mass is 289 g/mol. The van der Waals surface area contributed by atoms with E-state index >= 15 is 0 Å². The van der Waals surface area contributed by atoms with Crippen LogP contribution in [0.25, 0.3) is 0 Å². The van der Waals surface area contributed by atoms with Crippen molar-refractivity contribution in [3.8, 4) is 0 Å². The number of rotatable bonds is 3. The second kappa shape index (κ2) is 5.44. The molecule has 21 heavy (non-hydrogen) atoms. The molecule has 0 aromatic heterocycles. The number of nitrogens with one attached hydrogen (secondary N) is 1. The highest BCUT2D eigenvalue weighted by atomic mass is 16.6. The molecule has 2 aliphatic rings. The molecule has 2 atom stereocenters. The zero-order valence-corrected chi connectivity index (χ0v) is 12.0. The van der Waals surface area contributed by atoms with Gasteiger partial charge in [0.25, 0.3) is 11.6 Å². The summed E-state index contributed by atoms with van der Waals surface area (Å²) in [5.41, 5.74) is 0.517. The van der Waals surface area contributed by atoms with Crippen molar-refractivity contribution in [2.45, 2.75) is 43.8 Å². The minimum absolute atomic E-state index is 0.00844. The van der Waals surface area contributed by atoms with Crippen molar-refractivity contribution in [1.82, 2.24) is 10.2 Å². The first-order chi connectivity index (χ1) is 10.0. The third kappa shape index (κ3) is 2.76. The van der Waals surface area contributed by atoms with Crippen LogP contribution in [0, 0.1) is 10.1 Å². The van der Waals surface area contributed by atoms with Gasteiger partial charge in [-0.25, -0.2) is 0 Å². The van der Waals surface area contributed by atoms with Crippen molar-refractivity contribution in [3.05, 3.63) is 39.9 Å². The van der Waals surface area contributed by atoms with Crippen molar-refractivity contribution in [1.29, 1.82) is 0 Å². The highest BCUT2D eigenvalue weighted by Gasteiger charge is 2.36. The van der Waals surface area contributed by atoms with Crippen LogP contribution in [0.5, 0.6) is 0 Å². The number of carbonyl (C=O) groups excluding carboxylic acids is 1. The van der Waals surface area contributed by atoms with Gasteiger partial charge in [0.05, 0.1) is 4.92 Å². The largest absolute Gasteiger partial charge is 0.339 e. The molecular formula is C15H19N3O3. The molecule has 2 aliphatic heterocycles. The van der Waals surface area contributed by atoms with E-state index in [1.165, 1.54) is 37.1 Å². The SMILES string of the molecule is CN(C(=O)c1ccc([N+](=O)[O-])cc1)C1CC2CCC(C1)N2. The van der Waals surface area contributed by atoms with E-state index in [2.05, 4.69) is 5.32 Å². The Labute approximate surface area is 123 Å². The maximum atomic E-state index is 12.5. The standard InChI is InChI=1S/C15H19N3O3/c1-17(14-8-11-4-5-12(9-14)16-11)15(19)10-2-6-13(7-3-10)18(20)21/h2-3,6-7,11-12,14,16H,4-5,8-9H2,1H3. The van der Waals surface area contributed by atoms with Gasteiger partial charge in [0.1, 0.15) is 0 Å². The van der Waals surface area contributed by atoms with Crippen LogP contribution in [0.4, 0.5) is 5.69 Å². The fourth-order valence-corrected chi connectivity index (χ4v) is 3.44. The summed E-state index contributed by atoms with van der Waals surface area (Å²) in [6, 6.07) is 7.15. The second-order valence-corrected chi connectivity index (χ2v) is 5.98. The maximum Gasteiger partial charge on any atom is 0.269 e. The number of non-ortho nitro benzene ring substituents is 1. The number of nitrogens with zero attached hydrogens (tertiary/aromatic N) is 2. The number of carbonyl (C=O) groups is 1. The summed E-state index contributed by atoms with van der Waals surface area (Å²) in [6.07, 6.45) is 4.37. The average Bonchev–Trinajstić information content (AvgIpc) is 2.84. The van der Waals surface area contributed by atoms with Crippen LogP contribution in [0.2, 0.25) is 0 Å². The molecule has 2 heterocycles. The summed E-state index contributed by atoms with van der Waals surface area (Å²) in [5, 5.41) is 14.2. The Morgan fingerprint density at radius 2 is 1.81 bits per heavy atom. The lowest BCUT2D eigenvalue weighted by atomic mass is 9.98. The van der Waals surface area contributed by atoms with E-state index in [0.717, 1.165) is 12.8 Å². The lowest BCUT2D eigenvalue weighted by molar-refractivity contribution is -0.384. The van der Waals surface area contributed by atoms with E-state index in [1.807, 2.05) is 7.05 Å². The molecule has 1 aromatic carbocycles. The zero-order chi connectivity index (χ0) is 15.0. The molecular weight excluding hydrogens is 270 g/mol. The zero-order valence-electron chi connectivity index (χ0n) is 12.0. The molecule has 0 saturated carbocycles. The molecule has 6 heteroatoms. The molecule has 3 rings (SSSR count). The van der Waals surface area contributed by atoms with Gasteiger partial charge in [0, 0.05) is 42.9 Å². The Hall–Kier alpha value is -1.95. The van der Waals surface area contributed by atoms with Gasteiger partial charge in [-0.05, 0) is 37.8 Å². The predicted octanol–water partition coefficient (Wildman–Crippen LogP) is 1.95. The lowest BCUT2D eigenvalue weighted by Crippen LogP contribution is -2.48. The molecule has 0 spiro atoms. The van der Waals surface area contributed by atoms with Gasteiger partial charge < -0.3 is 10.2 Å². The number of nitro benzene ring substituents is 1. The molecule has 2 saturated heterocycles. The summed E-state index contributed by atoms with van der Waals surface area (Å²) in [5.74, 6) is -0.0591. The number of fused-ring (bicyclic) bond motifs is 2. The lowest BCUT2D eigenvalue weighted by Gasteiger charge is -2.35. The molecule has 2 bridgehead atoms. The quantitative estimate of drug-likeness (QED) is 0.681. The van der Waals surface area contributed by atoms with E-state index in [4.69, 9.17) is 0 Å². The molecule has 2 unspecified atom stereocenters. The van der Waals surface area contributed by atoms with Crippen LogP contribution in [-0.4, -0.2) is 40.9 Å². The first kappa shape index (κ1) is 14.0. The van der Waals surface area contributed by atoms with E-state index in [1.54, 1.807) is 4.90 Å². The highest BCUT2D eigenvalue weighted by molar-refractivity contribution is 5.94. The van der Waals surface area contributed by atoms with Crippen LogP contribution >= 0.6 is 0 Å². The van der Waals surface area contributed by atoms with Gasteiger partial charge in [-0.1, -0.05) is 0 Å². The van der Waals surface area contributed by atoms with Crippen molar-refractivity contribution >= 4 is 11.6 Å². The molecule has 0 aliphatic carbocycles. The number of benzene rings is 1. The third-order valence-electron chi connectivity index (χ3n) is 4.64. The Morgan fingerprint density at radius 3 is 2.33 bits per heavy atom. The van der Waals surface area contributed by atoms with Crippen LogP contribution in [0.1, 0.15) is 36.0 Å². The van der Waals surface area contributed by atoms with Crippen molar-refractivity contribution in [2.75, 3.05) is 7.05 Å². The van der Waals surface area contributed by atoms with Gasteiger partial charge in [0.15, 0.2) is 0 Å². The first-order valence-electron chi connectivity index (χ1n) is 7.32. The van der Waals surface area contributed by atoms with Gasteiger partial charge in [-0.2, -0.15) is 0 Å². The van der Waals surface area contributed by atoms with Crippen LogP contribution in [-0.2, 0) is 0 Å². The fraction of sp³-hybridized carbons (Fsp3) is 0.533. The molecule has 0 radical (unpaired) electrons. The van der Waals surface area contributed by atoms with Crippen LogP contribution < -0.4 is 5.32 Å². The molecule has 2 fully saturated rings. The Morgan fingerprint density at radius 1 is 1.24 bits per heavy atom. The Balaban J connectivity index is 1.70.